The third-order valence-corrected chi connectivity index (χ3v) is 10.0. The first kappa shape index (κ1) is 43.0. The maximum atomic E-state index is 13.5. The second-order valence-corrected chi connectivity index (χ2v) is 14.0. The van der Waals surface area contributed by atoms with Crippen molar-refractivity contribution >= 4 is 34.9 Å². The van der Waals surface area contributed by atoms with Gasteiger partial charge < -0.3 is 95.8 Å². The van der Waals surface area contributed by atoms with Gasteiger partial charge in [-0.05, 0) is 19.3 Å². The second kappa shape index (κ2) is 18.4. The predicted octanol–water partition coefficient (Wildman–Crippen LogP) is -9.53. The zero-order chi connectivity index (χ0) is 41.0. The number of ether oxygens (including phenoxy) is 3. The highest BCUT2D eigenvalue weighted by Crippen LogP contribution is 2.32. The van der Waals surface area contributed by atoms with E-state index in [0.29, 0.717) is 0 Å². The van der Waals surface area contributed by atoms with Crippen molar-refractivity contribution in [2.24, 2.45) is 39.4 Å². The van der Waals surface area contributed by atoms with Crippen molar-refractivity contribution in [3.05, 3.63) is 16.7 Å². The van der Waals surface area contributed by atoms with E-state index in [1.54, 1.807) is 0 Å². The first-order valence-electron chi connectivity index (χ1n) is 18.0. The molecule has 2 amide bonds. The number of aliphatic hydroxyl groups excluding tert-OH is 5. The molecule has 0 spiro atoms. The Kier molecular flexibility index (Phi) is 14.1. The minimum absolute atomic E-state index is 0.0294. The van der Waals surface area contributed by atoms with E-state index in [9.17, 15) is 39.9 Å². The molecule has 4 heterocycles. The third-order valence-electron chi connectivity index (χ3n) is 10.0. The molecule has 26 nitrogen and oxygen atoms in total. The number of nitrogen functional groups attached to an aromatic ring is 1. The number of carbonyl (C=O) groups excluding carboxylic acids is 2. The molecule has 1 saturated carbocycles. The summed E-state index contributed by atoms with van der Waals surface area (Å²) in [4.78, 5) is 53.3. The predicted molar refractivity (Wildman–Crippen MR) is 194 cm³/mol. The molecule has 56 heavy (non-hydrogen) atoms. The highest BCUT2D eigenvalue weighted by Gasteiger charge is 2.50. The van der Waals surface area contributed by atoms with Crippen LogP contribution < -0.4 is 61.6 Å². The molecule has 314 valence electrons. The second-order valence-electron chi connectivity index (χ2n) is 14.0. The maximum Gasteiger partial charge on any atom is 0.280 e. The zero-order valence-corrected chi connectivity index (χ0v) is 30.2. The molecule has 2 aromatic rings. The summed E-state index contributed by atoms with van der Waals surface area (Å²) in [5, 5.41) is 61.7. The van der Waals surface area contributed by atoms with Crippen LogP contribution in [-0.4, -0.2) is 174 Å². The zero-order valence-electron chi connectivity index (χ0n) is 30.2. The minimum atomic E-state index is -1.77. The molecule has 3 fully saturated rings. The van der Waals surface area contributed by atoms with Crippen LogP contribution in [0.15, 0.2) is 16.1 Å². The highest BCUT2D eigenvalue weighted by atomic mass is 16.7. The lowest BCUT2D eigenvalue weighted by Gasteiger charge is -2.47. The fraction of sp³-hybridized carbons (Fsp3) is 0.733. The molecular formula is C30H53N15O11. The van der Waals surface area contributed by atoms with Gasteiger partial charge in [0.15, 0.2) is 35.7 Å². The van der Waals surface area contributed by atoms with E-state index >= 15 is 0 Å². The summed E-state index contributed by atoms with van der Waals surface area (Å²) in [6, 6.07) is -4.77. The number of nitrogens with zero attached hydrogens (tertiary/aromatic N) is 4. The van der Waals surface area contributed by atoms with Crippen LogP contribution in [0.5, 0.6) is 0 Å². The van der Waals surface area contributed by atoms with Crippen molar-refractivity contribution in [1.82, 2.24) is 35.5 Å². The number of H-pyrrole nitrogens is 1. The number of carbonyl (C=O) groups is 2. The lowest BCUT2D eigenvalue weighted by Crippen LogP contribution is -2.70. The Morgan fingerprint density at radius 1 is 1.04 bits per heavy atom. The van der Waals surface area contributed by atoms with Gasteiger partial charge in [-0.3, -0.25) is 28.9 Å². The number of aliphatic hydroxyl groups is 5. The van der Waals surface area contributed by atoms with Crippen LogP contribution in [0.4, 0.5) is 5.95 Å². The van der Waals surface area contributed by atoms with Crippen LogP contribution in [-0.2, 0) is 23.8 Å². The van der Waals surface area contributed by atoms with E-state index in [2.05, 4.69) is 35.9 Å². The number of nitrogens with one attached hydrogen (secondary N) is 4. The molecule has 15 atom stereocenters. The third kappa shape index (κ3) is 9.34. The fourth-order valence-corrected chi connectivity index (χ4v) is 6.97. The molecule has 0 radical (unpaired) electrons. The van der Waals surface area contributed by atoms with E-state index < -0.39 is 109 Å². The Labute approximate surface area is 318 Å². The Morgan fingerprint density at radius 3 is 2.46 bits per heavy atom. The van der Waals surface area contributed by atoms with E-state index in [-0.39, 0.29) is 68.5 Å². The molecule has 2 saturated heterocycles. The molecule has 0 aromatic carbocycles. The maximum absolute atomic E-state index is 13.5. The minimum Gasteiger partial charge on any atom is -0.390 e. The molecule has 2 aromatic heterocycles. The number of amides is 2. The van der Waals surface area contributed by atoms with Gasteiger partial charge in [0.05, 0.1) is 30.6 Å². The van der Waals surface area contributed by atoms with Crippen molar-refractivity contribution in [3.63, 3.8) is 0 Å². The monoisotopic (exact) mass is 799 g/mol. The average Bonchev–Trinajstić information content (AvgIpc) is 3.70. The van der Waals surface area contributed by atoms with Crippen molar-refractivity contribution < 1.29 is 49.3 Å². The molecule has 1 aliphatic carbocycles. The topological polar surface area (TPSA) is 457 Å². The number of fused-ring (bicyclic) bond motifs is 1. The Balaban J connectivity index is 1.22. The van der Waals surface area contributed by atoms with Crippen molar-refractivity contribution in [2.45, 2.75) is 111 Å². The lowest BCUT2D eigenvalue weighted by atomic mass is 9.82. The van der Waals surface area contributed by atoms with Gasteiger partial charge >= 0.3 is 0 Å². The summed E-state index contributed by atoms with van der Waals surface area (Å²) in [6.45, 7) is -0.0355. The summed E-state index contributed by atoms with van der Waals surface area (Å²) in [7, 11) is 0. The number of guanidine groups is 1. The number of anilines is 1. The summed E-state index contributed by atoms with van der Waals surface area (Å²) < 4.78 is 18.7. The number of aromatic nitrogens is 4. The van der Waals surface area contributed by atoms with Gasteiger partial charge in [-0.1, -0.05) is 0 Å². The van der Waals surface area contributed by atoms with E-state index in [1.807, 2.05) is 0 Å². The SMILES string of the molecule is NC[C@H]1O[C@H](O[C@H]2[C@@H](NCCNC(=O)[C@H](CCCN=C(N)N)NC(=O)[C@H]3O[C@@H](n4cnc5c(=O)[nH]c(N)nc54)[C@H](O)[C@@H]3O)[C@@H](O)[C@H](N)C[C@@H]2N)[C@H](N)[C@@H](O)[C@@H]1O. The van der Waals surface area contributed by atoms with E-state index in [4.69, 9.17) is 54.3 Å². The smallest absolute Gasteiger partial charge is 0.280 e. The number of hydrogen-bond acceptors (Lipinski definition) is 20. The molecule has 26 heteroatoms. The Morgan fingerprint density at radius 2 is 1.77 bits per heavy atom. The Hall–Kier alpha value is -4.16. The van der Waals surface area contributed by atoms with Gasteiger partial charge in [-0.25, -0.2) is 4.98 Å². The van der Waals surface area contributed by atoms with Crippen molar-refractivity contribution in [1.29, 1.82) is 0 Å². The molecule has 0 bridgehead atoms. The summed E-state index contributed by atoms with van der Waals surface area (Å²) in [5.74, 6) is -2.01. The lowest BCUT2D eigenvalue weighted by molar-refractivity contribution is -0.279. The molecule has 23 N–H and O–H groups in total. The van der Waals surface area contributed by atoms with Gasteiger partial charge in [0.1, 0.15) is 36.6 Å². The van der Waals surface area contributed by atoms with Crippen LogP contribution in [0, 0.1) is 0 Å². The molecule has 2 aliphatic heterocycles. The van der Waals surface area contributed by atoms with Gasteiger partial charge in [-0.2, -0.15) is 4.98 Å². The van der Waals surface area contributed by atoms with Crippen LogP contribution in [0.1, 0.15) is 25.5 Å². The number of aromatic amines is 1. The van der Waals surface area contributed by atoms with Crippen LogP contribution in [0.2, 0.25) is 0 Å². The van der Waals surface area contributed by atoms with Crippen LogP contribution >= 0.6 is 0 Å². The van der Waals surface area contributed by atoms with Gasteiger partial charge in [0.2, 0.25) is 11.9 Å². The first-order valence-corrected chi connectivity index (χ1v) is 18.0. The molecular weight excluding hydrogens is 746 g/mol. The van der Waals surface area contributed by atoms with E-state index in [0.717, 1.165) is 10.9 Å². The largest absolute Gasteiger partial charge is 0.390 e. The quantitative estimate of drug-likeness (QED) is 0.0452. The normalized spacial score (nSPS) is 35.2. The fourth-order valence-electron chi connectivity index (χ4n) is 6.97. The van der Waals surface area contributed by atoms with Crippen LogP contribution in [0.3, 0.4) is 0 Å². The Bertz CT molecular complexity index is 1740. The van der Waals surface area contributed by atoms with E-state index in [1.165, 1.54) is 0 Å². The molecule has 5 rings (SSSR count). The number of nitrogens with two attached hydrogens (primary N) is 7. The summed E-state index contributed by atoms with van der Waals surface area (Å²) >= 11 is 0. The van der Waals surface area contributed by atoms with Crippen LogP contribution in [0.25, 0.3) is 11.2 Å². The van der Waals surface area contributed by atoms with Crippen molar-refractivity contribution in [3.8, 4) is 0 Å². The first-order chi connectivity index (χ1) is 26.5. The van der Waals surface area contributed by atoms with Crippen molar-refractivity contribution in [2.75, 3.05) is 31.9 Å². The molecule has 3 aliphatic rings. The standard InChI is InChI=1S/C30H53N15O11/c31-7-12-17(47)18(48)13(34)28(54-12)56-21-10(33)6-9(32)16(46)14(21)38-4-5-39-24(51)11(2-1-3-40-29(35)36)42-26(53)22-19(49)20(50)27(55-22)45-8-41-15-23(45)43-30(37)44-25(15)52/h8-14,16-22,27-28,38,46-50H,1-7,31-34H2,(H,39,51)(H,42,53)(H4,35,36,40)(H3,37,43,44,52)/t9-,10+,11+,12-,13-,14+,16+,17-,18-,19+,20-,21-,22+,27-,28-/m1/s1. The highest BCUT2D eigenvalue weighted by molar-refractivity contribution is 5.90. The number of rotatable bonds is 15. The summed E-state index contributed by atoms with van der Waals surface area (Å²) in [6.07, 6.45) is -12.1. The average molecular weight is 800 g/mol. The summed E-state index contributed by atoms with van der Waals surface area (Å²) in [5.41, 5.74) is 39.9. The molecule has 0 unspecified atom stereocenters. The number of aliphatic imine (C=N–C) groups is 1. The van der Waals surface area contributed by atoms with Gasteiger partial charge in [0, 0.05) is 38.3 Å². The number of imidazole rings is 1. The number of hydrogen-bond donors (Lipinski definition) is 16. The van der Waals surface area contributed by atoms with Gasteiger partial charge in [0.25, 0.3) is 11.5 Å². The van der Waals surface area contributed by atoms with Gasteiger partial charge in [-0.15, -0.1) is 0 Å².